The van der Waals surface area contributed by atoms with Gasteiger partial charge < -0.3 is 23.7 Å². The minimum Gasteiger partial charge on any atom is -0.376 e. The number of hydrogen-bond acceptors (Lipinski definition) is 8. The molecule has 0 saturated carbocycles. The minimum absolute atomic E-state index is 0.259. The van der Waals surface area contributed by atoms with E-state index in [2.05, 4.69) is 0 Å². The van der Waals surface area contributed by atoms with E-state index in [1.54, 1.807) is 0 Å². The van der Waals surface area contributed by atoms with Crippen molar-refractivity contribution >= 4 is 10.1 Å². The zero-order valence-electron chi connectivity index (χ0n) is 14.2. The summed E-state index contributed by atoms with van der Waals surface area (Å²) in [5, 5.41) is 0. The largest absolute Gasteiger partial charge is 0.376 e. The van der Waals surface area contributed by atoms with Gasteiger partial charge in [0.2, 0.25) is 0 Å². The quantitative estimate of drug-likeness (QED) is 0.700. The van der Waals surface area contributed by atoms with E-state index in [0.29, 0.717) is 0 Å². The third-order valence-corrected chi connectivity index (χ3v) is 4.72. The van der Waals surface area contributed by atoms with E-state index in [1.807, 2.05) is 30.3 Å². The monoisotopic (exact) mass is 374 g/mol. The molecule has 6 atom stereocenters. The fraction of sp³-hybridized carbons (Fsp3) is 0.625. The van der Waals surface area contributed by atoms with E-state index in [0.717, 1.165) is 11.8 Å². The first-order valence-corrected chi connectivity index (χ1v) is 9.66. The van der Waals surface area contributed by atoms with Crippen molar-refractivity contribution in [3.63, 3.8) is 0 Å². The van der Waals surface area contributed by atoms with E-state index >= 15 is 0 Å². The molecule has 140 valence electrons. The molecular weight excluding hydrogens is 352 g/mol. The van der Waals surface area contributed by atoms with E-state index in [-0.39, 0.29) is 6.61 Å². The molecule has 0 spiro atoms. The van der Waals surface area contributed by atoms with Gasteiger partial charge in [0.05, 0.1) is 12.9 Å². The summed E-state index contributed by atoms with van der Waals surface area (Å²) >= 11 is 0. The number of ether oxygens (including phenoxy) is 5. The first-order chi connectivity index (χ1) is 11.9. The average molecular weight is 374 g/mol. The maximum absolute atomic E-state index is 11.6. The molecule has 0 aliphatic carbocycles. The average Bonchev–Trinajstić information content (AvgIpc) is 2.60. The van der Waals surface area contributed by atoms with Crippen LogP contribution in [-0.2, 0) is 38.0 Å². The van der Waals surface area contributed by atoms with Gasteiger partial charge in [0, 0.05) is 19.8 Å². The fourth-order valence-electron chi connectivity index (χ4n) is 3.09. The van der Waals surface area contributed by atoms with Gasteiger partial charge in [-0.2, -0.15) is 8.42 Å². The molecule has 25 heavy (non-hydrogen) atoms. The maximum atomic E-state index is 11.6. The summed E-state index contributed by atoms with van der Waals surface area (Å²) in [5.74, 6) is 0. The van der Waals surface area contributed by atoms with Crippen LogP contribution in [0.5, 0.6) is 0 Å². The van der Waals surface area contributed by atoms with Gasteiger partial charge in [-0.15, -0.1) is 0 Å². The lowest BCUT2D eigenvalue weighted by molar-refractivity contribution is -0.357. The Morgan fingerprint density at radius 1 is 1.04 bits per heavy atom. The number of rotatable bonds is 5. The normalized spacial score (nSPS) is 36.0. The van der Waals surface area contributed by atoms with Crippen molar-refractivity contribution in [3.05, 3.63) is 35.9 Å². The molecule has 2 saturated heterocycles. The van der Waals surface area contributed by atoms with Crippen LogP contribution < -0.4 is 0 Å². The maximum Gasteiger partial charge on any atom is 0.264 e. The number of benzene rings is 1. The van der Waals surface area contributed by atoms with Crippen LogP contribution in [0.25, 0.3) is 0 Å². The Morgan fingerprint density at radius 3 is 2.36 bits per heavy atom. The van der Waals surface area contributed by atoms with Gasteiger partial charge in [-0.1, -0.05) is 30.3 Å². The molecule has 0 N–H and O–H groups in total. The zero-order valence-corrected chi connectivity index (χ0v) is 15.0. The summed E-state index contributed by atoms with van der Waals surface area (Å²) in [6.45, 7) is 0.259. The van der Waals surface area contributed by atoms with Crippen LogP contribution in [0.1, 0.15) is 11.9 Å². The Morgan fingerprint density at radius 2 is 1.76 bits per heavy atom. The summed E-state index contributed by atoms with van der Waals surface area (Å²) in [7, 11) is -0.863. The second-order valence-electron chi connectivity index (χ2n) is 5.92. The first-order valence-electron chi connectivity index (χ1n) is 7.84. The summed E-state index contributed by atoms with van der Waals surface area (Å²) in [6, 6.07) is 9.44. The molecule has 1 aromatic carbocycles. The molecule has 2 aliphatic heterocycles. The third-order valence-electron chi connectivity index (χ3n) is 4.15. The van der Waals surface area contributed by atoms with Crippen LogP contribution in [0.2, 0.25) is 0 Å². The highest BCUT2D eigenvalue weighted by Crippen LogP contribution is 2.36. The van der Waals surface area contributed by atoms with Crippen molar-refractivity contribution in [3.8, 4) is 0 Å². The number of hydrogen-bond donors (Lipinski definition) is 0. The predicted molar refractivity (Wildman–Crippen MR) is 86.2 cm³/mol. The van der Waals surface area contributed by atoms with E-state index < -0.39 is 47.1 Å². The highest BCUT2D eigenvalue weighted by atomic mass is 32.2. The molecule has 1 aromatic rings. The summed E-state index contributed by atoms with van der Waals surface area (Å²) in [6.07, 6.45) is -3.26. The Labute approximate surface area is 147 Å². The Hall–Kier alpha value is -1.07. The van der Waals surface area contributed by atoms with Crippen molar-refractivity contribution in [1.82, 2.24) is 0 Å². The lowest BCUT2D eigenvalue weighted by Crippen LogP contribution is -2.63. The molecule has 9 heteroatoms. The van der Waals surface area contributed by atoms with Crippen LogP contribution in [-0.4, -0.2) is 66.2 Å². The van der Waals surface area contributed by atoms with E-state index in [9.17, 15) is 8.42 Å². The minimum atomic E-state index is -3.74. The lowest BCUT2D eigenvalue weighted by Gasteiger charge is -2.47. The van der Waals surface area contributed by atoms with Gasteiger partial charge in [0.15, 0.2) is 18.7 Å². The van der Waals surface area contributed by atoms with Crippen LogP contribution in [0, 0.1) is 0 Å². The summed E-state index contributed by atoms with van der Waals surface area (Å²) in [4.78, 5) is 0. The molecular formula is C16H22O8S. The van der Waals surface area contributed by atoms with Crippen LogP contribution in [0.3, 0.4) is 0 Å². The van der Waals surface area contributed by atoms with E-state index in [4.69, 9.17) is 27.9 Å². The van der Waals surface area contributed by atoms with Crippen LogP contribution in [0.15, 0.2) is 30.3 Å². The second-order valence-corrected chi connectivity index (χ2v) is 7.52. The van der Waals surface area contributed by atoms with Crippen LogP contribution in [0.4, 0.5) is 0 Å². The molecule has 0 bridgehead atoms. The Bertz CT molecular complexity index is 664. The second kappa shape index (κ2) is 7.67. The van der Waals surface area contributed by atoms with Crippen molar-refractivity contribution < 1.29 is 36.3 Å². The Kier molecular flexibility index (Phi) is 5.74. The third kappa shape index (κ3) is 4.20. The standard InChI is InChI=1S/C16H22O8S/c1-19-13-12-11(22-16(20-2)14(13)24-25(3,17)18)9-21-15(23-12)10-7-5-4-6-8-10/h4-8,11-16H,9H2,1-3H3/t11-,12-,13-,14-,15+,16-/m1/s1. The smallest absolute Gasteiger partial charge is 0.264 e. The molecule has 0 aromatic heterocycles. The SMILES string of the molecule is CO[C@@H]1O[C@@H]2CO[C@H](c3ccccc3)O[C@H]2[C@@H](OC)[C@H]1OS(C)(=O)=O. The summed E-state index contributed by atoms with van der Waals surface area (Å²) < 4.78 is 56.7. The molecule has 2 fully saturated rings. The van der Waals surface area contributed by atoms with Crippen molar-refractivity contribution in [2.45, 2.75) is 37.0 Å². The lowest BCUT2D eigenvalue weighted by atomic mass is 9.97. The van der Waals surface area contributed by atoms with Crippen LogP contribution >= 0.6 is 0 Å². The predicted octanol–water partition coefficient (Wildman–Crippen LogP) is 0.832. The zero-order chi connectivity index (χ0) is 18.0. The first kappa shape index (κ1) is 18.7. The van der Waals surface area contributed by atoms with Crippen molar-refractivity contribution in [2.75, 3.05) is 27.1 Å². The molecule has 0 amide bonds. The van der Waals surface area contributed by atoms with Gasteiger partial charge in [0.25, 0.3) is 10.1 Å². The Balaban J connectivity index is 1.83. The molecule has 2 heterocycles. The number of fused-ring (bicyclic) bond motifs is 1. The van der Waals surface area contributed by atoms with E-state index in [1.165, 1.54) is 14.2 Å². The molecule has 2 aliphatic rings. The topological polar surface area (TPSA) is 89.5 Å². The van der Waals surface area contributed by atoms with Gasteiger partial charge in [-0.25, -0.2) is 0 Å². The van der Waals surface area contributed by atoms with Gasteiger partial charge >= 0.3 is 0 Å². The molecule has 3 rings (SSSR count). The molecule has 0 unspecified atom stereocenters. The van der Waals surface area contributed by atoms with Crippen molar-refractivity contribution in [2.24, 2.45) is 0 Å². The highest BCUT2D eigenvalue weighted by molar-refractivity contribution is 7.86. The van der Waals surface area contributed by atoms with Gasteiger partial charge in [-0.3, -0.25) is 4.18 Å². The van der Waals surface area contributed by atoms with Gasteiger partial charge in [0.1, 0.15) is 18.3 Å². The number of methoxy groups -OCH3 is 2. The van der Waals surface area contributed by atoms with Crippen molar-refractivity contribution in [1.29, 1.82) is 0 Å². The molecule has 8 nitrogen and oxygen atoms in total. The summed E-state index contributed by atoms with van der Waals surface area (Å²) in [5.41, 5.74) is 0.852. The molecule has 0 radical (unpaired) electrons. The highest BCUT2D eigenvalue weighted by Gasteiger charge is 2.52. The van der Waals surface area contributed by atoms with Gasteiger partial charge in [-0.05, 0) is 0 Å². The fourth-order valence-corrected chi connectivity index (χ4v) is 3.69.